The van der Waals surface area contributed by atoms with Gasteiger partial charge in [-0.25, -0.2) is 18.4 Å². The van der Waals surface area contributed by atoms with Crippen LogP contribution in [0.3, 0.4) is 0 Å². The maximum atomic E-state index is 15.1. The maximum absolute atomic E-state index is 15.1. The summed E-state index contributed by atoms with van der Waals surface area (Å²) in [5.74, 6) is -6.54. The summed E-state index contributed by atoms with van der Waals surface area (Å²) >= 11 is 0. The minimum Gasteiger partial charge on any atom is -0.413 e. The summed E-state index contributed by atoms with van der Waals surface area (Å²) in [6, 6.07) is 21.9. The molecule has 5 aromatic rings. The number of nitrogens with one attached hydrogen (secondary N) is 1. The number of alkyl halides is 6. The van der Waals surface area contributed by atoms with E-state index in [0.717, 1.165) is 88.2 Å². The summed E-state index contributed by atoms with van der Waals surface area (Å²) in [5.41, 5.74) is 3.40. The molecule has 0 unspecified atom stereocenters. The molecule has 2 aliphatic rings. The molecule has 2 aliphatic heterocycles. The summed E-state index contributed by atoms with van der Waals surface area (Å²) in [7, 11) is 0. The average Bonchev–Trinajstić information content (AvgIpc) is 3.93. The molecule has 75 heavy (non-hydrogen) atoms. The van der Waals surface area contributed by atoms with E-state index >= 15 is 8.78 Å². The van der Waals surface area contributed by atoms with Crippen molar-refractivity contribution in [3.63, 3.8) is 0 Å². The second-order valence-corrected chi connectivity index (χ2v) is 17.8. The van der Waals surface area contributed by atoms with Gasteiger partial charge in [0.1, 0.15) is 11.6 Å². The number of halogens is 8. The summed E-state index contributed by atoms with van der Waals surface area (Å²) in [5, 5.41) is 7.85. The van der Waals surface area contributed by atoms with Crippen molar-refractivity contribution in [1.82, 2.24) is 25.3 Å². The molecule has 0 saturated carbocycles. The van der Waals surface area contributed by atoms with Crippen LogP contribution in [0.5, 0.6) is 0 Å². The molecule has 7 rings (SSSR count). The van der Waals surface area contributed by atoms with Gasteiger partial charge in [0, 0.05) is 97.4 Å². The topological polar surface area (TPSA) is 139 Å². The second-order valence-electron chi connectivity index (χ2n) is 17.8. The quantitative estimate of drug-likeness (QED) is 0.0756. The van der Waals surface area contributed by atoms with Crippen LogP contribution in [-0.2, 0) is 24.1 Å². The number of amides is 5. The molecule has 1 N–H and O–H groups in total. The molecular formula is C53H61F8N9O5. The van der Waals surface area contributed by atoms with Crippen molar-refractivity contribution in [2.24, 2.45) is 0 Å². The molecule has 1 aromatic heterocycles. The van der Waals surface area contributed by atoms with Gasteiger partial charge in [-0.15, -0.1) is 10.2 Å². The Morgan fingerprint density at radius 3 is 1.39 bits per heavy atom. The molecule has 0 radical (unpaired) electrons. The molecular weight excluding hydrogens is 995 g/mol. The Morgan fingerprint density at radius 2 is 1.00 bits per heavy atom. The summed E-state index contributed by atoms with van der Waals surface area (Å²) in [6.07, 6.45) is -4.22. The number of hydrogen-bond acceptors (Lipinski definition) is 9. The number of aromatic nitrogens is 2. The lowest BCUT2D eigenvalue weighted by Crippen LogP contribution is -2.45. The van der Waals surface area contributed by atoms with Crippen LogP contribution in [0.4, 0.5) is 67.5 Å². The monoisotopic (exact) mass is 1060 g/mol. The molecule has 14 nitrogen and oxygen atoms in total. The highest BCUT2D eigenvalue weighted by Crippen LogP contribution is 2.32. The van der Waals surface area contributed by atoms with Gasteiger partial charge in [0.25, 0.3) is 0 Å². The van der Waals surface area contributed by atoms with Gasteiger partial charge in [-0.05, 0) is 133 Å². The highest BCUT2D eigenvalue weighted by molar-refractivity contribution is 6.00. The number of anilines is 4. The lowest BCUT2D eigenvalue weighted by molar-refractivity contribution is -0.173. The Kier molecular flexibility index (Phi) is 19.6. The first-order valence-corrected chi connectivity index (χ1v) is 24.9. The molecule has 0 atom stereocenters. The molecule has 4 aromatic carbocycles. The zero-order valence-electron chi connectivity index (χ0n) is 42.2. The van der Waals surface area contributed by atoms with E-state index in [9.17, 15) is 45.5 Å². The normalized spacial score (nSPS) is 13.9. The number of benzene rings is 4. The molecule has 22 heteroatoms. The number of ketones is 1. The molecule has 3 heterocycles. The highest BCUT2D eigenvalue weighted by atomic mass is 19.4. The number of carbonyl (C=O) groups excluding carboxylic acids is 4. The molecule has 5 amide bonds. The number of nitrogens with zero attached hydrogens (tertiary/aromatic N) is 8. The van der Waals surface area contributed by atoms with Gasteiger partial charge >= 0.3 is 36.2 Å². The molecule has 2 saturated heterocycles. The van der Waals surface area contributed by atoms with E-state index < -0.39 is 54.0 Å². The van der Waals surface area contributed by atoms with E-state index in [1.54, 1.807) is 9.80 Å². The smallest absolute Gasteiger partial charge is 0.413 e. The van der Waals surface area contributed by atoms with Crippen LogP contribution < -0.4 is 24.9 Å². The molecule has 0 spiro atoms. The third-order valence-corrected chi connectivity index (χ3v) is 13.0. The summed E-state index contributed by atoms with van der Waals surface area (Å²) in [6.45, 7) is 12.9. The summed E-state index contributed by atoms with van der Waals surface area (Å²) < 4.78 is 110. The number of piperidine rings is 2. The van der Waals surface area contributed by atoms with Gasteiger partial charge in [0.2, 0.25) is 5.89 Å². The minimum absolute atomic E-state index is 0.0155. The largest absolute Gasteiger partial charge is 0.471 e. The zero-order valence-corrected chi connectivity index (χ0v) is 42.2. The van der Waals surface area contributed by atoms with Gasteiger partial charge in [0.15, 0.2) is 5.78 Å². The fraction of sp³-hybridized carbons (Fsp3) is 0.434. The Bertz CT molecular complexity index is 2700. The predicted molar refractivity (Wildman–Crippen MR) is 269 cm³/mol. The van der Waals surface area contributed by atoms with E-state index in [0.29, 0.717) is 37.6 Å². The Balaban J connectivity index is 0.000000244. The molecule has 0 aliphatic carbocycles. The number of rotatable bonds is 16. The van der Waals surface area contributed by atoms with Crippen molar-refractivity contribution < 1.29 is 58.7 Å². The number of urea groups is 2. The molecule has 0 bridgehead atoms. The van der Waals surface area contributed by atoms with Crippen LogP contribution >= 0.6 is 0 Å². The fourth-order valence-corrected chi connectivity index (χ4v) is 8.73. The third-order valence-electron chi connectivity index (χ3n) is 13.0. The average molecular weight is 1060 g/mol. The second kappa shape index (κ2) is 25.8. The zero-order chi connectivity index (χ0) is 54.5. The number of carbonyl (C=O) groups is 4. The van der Waals surface area contributed by atoms with E-state index in [2.05, 4.69) is 38.3 Å². The highest BCUT2D eigenvalue weighted by Gasteiger charge is 2.39. The Labute approximate surface area is 430 Å². The maximum Gasteiger partial charge on any atom is 0.471 e. The standard InChI is InChI=1S/C27H32F4N4O3.C26H29F4N5O2/c1-3-33(4-2)21-10-12-22(13-11-21)35(26(38)34-14-6-5-7-15-34)18-20-9-8-19(16-23(20)28)24(36)17-32-25(37)27(29,30)31;1-3-33(4-2)20-10-12-21(13-11-20)35(25(36)34-14-6-5-7-15-34)17-19-9-8-18(16-22(19)27)23-31-32-24(37-23)26(28,29)30/h8-13,16H,3-7,14-15,17-18H2,1-2H3,(H,32,37);8-13,16H,3-7,14-15,17H2,1-2H3. The Morgan fingerprint density at radius 1 is 0.573 bits per heavy atom. The number of Topliss-reactive ketones (excluding diaryl/α,β-unsaturated/α-hetero) is 1. The van der Waals surface area contributed by atoms with Crippen molar-refractivity contribution in [3.05, 3.63) is 119 Å². The van der Waals surface area contributed by atoms with Crippen molar-refractivity contribution in [1.29, 1.82) is 0 Å². The molecule has 2 fully saturated rings. The van der Waals surface area contributed by atoms with Crippen LogP contribution in [0.1, 0.15) is 93.6 Å². The predicted octanol–water partition coefficient (Wildman–Crippen LogP) is 11.5. The van der Waals surface area contributed by atoms with E-state index in [-0.39, 0.29) is 47.4 Å². The van der Waals surface area contributed by atoms with Crippen molar-refractivity contribution in [2.75, 3.05) is 78.5 Å². The SMILES string of the molecule is CCN(CC)c1ccc(N(Cc2ccc(-c3nnc(C(F)(F)F)o3)cc2F)C(=O)N2CCCCC2)cc1.CCN(CC)c1ccc(N(Cc2ccc(C(=O)CNC(=O)C(F)(F)F)cc2F)C(=O)N2CCCCC2)cc1. The number of likely N-dealkylation sites (tertiary alicyclic amines) is 2. The van der Waals surface area contributed by atoms with Crippen LogP contribution in [-0.4, -0.2) is 109 Å². The van der Waals surface area contributed by atoms with E-state index in [1.165, 1.54) is 39.4 Å². The van der Waals surface area contributed by atoms with E-state index in [4.69, 9.17) is 0 Å². The molecule has 404 valence electrons. The van der Waals surface area contributed by atoms with Gasteiger partial charge in [0.05, 0.1) is 19.6 Å². The van der Waals surface area contributed by atoms with Gasteiger partial charge in [-0.2, -0.15) is 26.3 Å². The first-order chi connectivity index (χ1) is 35.8. The fourth-order valence-electron chi connectivity index (χ4n) is 8.73. The van der Waals surface area contributed by atoms with Crippen molar-refractivity contribution >= 4 is 46.5 Å². The van der Waals surface area contributed by atoms with Gasteiger partial charge < -0.3 is 29.3 Å². The van der Waals surface area contributed by atoms with Gasteiger partial charge in [-0.1, -0.05) is 18.2 Å². The first kappa shape index (κ1) is 57.0. The Hall–Kier alpha value is -7.26. The van der Waals surface area contributed by atoms with Crippen LogP contribution in [0, 0.1) is 11.6 Å². The lowest BCUT2D eigenvalue weighted by Gasteiger charge is -2.33. The van der Waals surface area contributed by atoms with Crippen LogP contribution in [0.25, 0.3) is 11.5 Å². The third kappa shape index (κ3) is 15.0. The van der Waals surface area contributed by atoms with Crippen LogP contribution in [0.15, 0.2) is 89.3 Å². The minimum atomic E-state index is -5.12. The van der Waals surface area contributed by atoms with Crippen molar-refractivity contribution in [3.8, 4) is 11.5 Å². The van der Waals surface area contributed by atoms with Crippen LogP contribution in [0.2, 0.25) is 0 Å². The summed E-state index contributed by atoms with van der Waals surface area (Å²) in [4.78, 5) is 61.0. The van der Waals surface area contributed by atoms with Crippen molar-refractivity contribution in [2.45, 2.75) is 91.7 Å². The lowest BCUT2D eigenvalue weighted by atomic mass is 10.1. The number of hydrogen-bond donors (Lipinski definition) is 1. The van der Waals surface area contributed by atoms with E-state index in [1.807, 2.05) is 62.4 Å². The van der Waals surface area contributed by atoms with Gasteiger partial charge in [-0.3, -0.25) is 19.4 Å². The first-order valence-electron chi connectivity index (χ1n) is 24.9.